The van der Waals surface area contributed by atoms with Crippen molar-refractivity contribution in [2.45, 2.75) is 36.7 Å². The molecule has 1 aliphatic carbocycles. The first-order valence-corrected chi connectivity index (χ1v) is 9.36. The molecule has 24 heavy (non-hydrogen) atoms. The van der Waals surface area contributed by atoms with E-state index in [-0.39, 0.29) is 10.9 Å². The molecule has 1 aliphatic rings. The monoisotopic (exact) mass is 350 g/mol. The zero-order valence-electron chi connectivity index (χ0n) is 13.9. The molecule has 1 heterocycles. The van der Waals surface area contributed by atoms with Gasteiger partial charge in [0.05, 0.1) is 25.7 Å². The second kappa shape index (κ2) is 6.86. The van der Waals surface area contributed by atoms with Gasteiger partial charge in [0.1, 0.15) is 0 Å². The second-order valence-corrected chi connectivity index (χ2v) is 7.74. The van der Waals surface area contributed by atoms with E-state index in [2.05, 4.69) is 4.98 Å². The molecule has 0 atom stereocenters. The summed E-state index contributed by atoms with van der Waals surface area (Å²) in [5, 5.41) is 0. The van der Waals surface area contributed by atoms with Gasteiger partial charge in [0.15, 0.2) is 11.5 Å². The molecule has 6 nitrogen and oxygen atoms in total. The third kappa shape index (κ3) is 3.14. The Bertz CT molecular complexity index is 783. The van der Waals surface area contributed by atoms with Gasteiger partial charge in [0, 0.05) is 24.0 Å². The Morgan fingerprint density at radius 2 is 1.92 bits per heavy atom. The van der Waals surface area contributed by atoms with Gasteiger partial charge in [-0.25, -0.2) is 8.42 Å². The molecule has 1 aromatic carbocycles. The normalized spacial score (nSPS) is 15.3. The van der Waals surface area contributed by atoms with Crippen LogP contribution in [0.1, 0.15) is 25.0 Å². The Labute approximate surface area is 142 Å². The standard InChI is InChI=1S/C17H22N2O4S/c1-22-16-9-8-15(11-17(16)23-2)24(20,21)19(14-6-3-7-14)12-13-5-4-10-18-13/h4-5,8-11,14,18H,3,6-7,12H2,1-2H3. The maximum Gasteiger partial charge on any atom is 0.243 e. The molecule has 1 aromatic heterocycles. The smallest absolute Gasteiger partial charge is 0.243 e. The van der Waals surface area contributed by atoms with Crippen molar-refractivity contribution < 1.29 is 17.9 Å². The maximum atomic E-state index is 13.2. The van der Waals surface area contributed by atoms with E-state index in [1.54, 1.807) is 22.6 Å². The first-order chi connectivity index (χ1) is 11.6. The molecule has 3 rings (SSSR count). The summed E-state index contributed by atoms with van der Waals surface area (Å²) in [7, 11) is -0.594. The third-order valence-corrected chi connectivity index (χ3v) is 6.33. The quantitative estimate of drug-likeness (QED) is 0.833. The molecule has 0 bridgehead atoms. The highest BCUT2D eigenvalue weighted by molar-refractivity contribution is 7.89. The van der Waals surface area contributed by atoms with E-state index >= 15 is 0 Å². The highest BCUT2D eigenvalue weighted by atomic mass is 32.2. The molecule has 1 fully saturated rings. The number of hydrogen-bond donors (Lipinski definition) is 1. The second-order valence-electron chi connectivity index (χ2n) is 5.85. The van der Waals surface area contributed by atoms with Gasteiger partial charge in [-0.1, -0.05) is 6.42 Å². The number of rotatable bonds is 7. The van der Waals surface area contributed by atoms with E-state index in [1.165, 1.54) is 20.3 Å². The van der Waals surface area contributed by atoms with Crippen molar-refractivity contribution in [1.82, 2.24) is 9.29 Å². The van der Waals surface area contributed by atoms with E-state index in [9.17, 15) is 8.42 Å². The van der Waals surface area contributed by atoms with E-state index in [1.807, 2.05) is 12.1 Å². The molecule has 0 saturated heterocycles. The first-order valence-electron chi connectivity index (χ1n) is 7.92. The average Bonchev–Trinajstić information content (AvgIpc) is 3.05. The Hall–Kier alpha value is -1.99. The molecule has 0 amide bonds. The first kappa shape index (κ1) is 16.9. The number of H-pyrrole nitrogens is 1. The summed E-state index contributed by atoms with van der Waals surface area (Å²) in [5.41, 5.74) is 0.881. The molecule has 7 heteroatoms. The Morgan fingerprint density at radius 1 is 1.17 bits per heavy atom. The minimum Gasteiger partial charge on any atom is -0.493 e. The molecule has 0 spiro atoms. The van der Waals surface area contributed by atoms with Crippen LogP contribution in [-0.2, 0) is 16.6 Å². The van der Waals surface area contributed by atoms with E-state index in [0.29, 0.717) is 18.0 Å². The molecule has 0 aliphatic heterocycles. The molecule has 2 aromatic rings. The van der Waals surface area contributed by atoms with Crippen LogP contribution in [0.2, 0.25) is 0 Å². The number of aromatic nitrogens is 1. The predicted molar refractivity (Wildman–Crippen MR) is 90.7 cm³/mol. The van der Waals surface area contributed by atoms with Crippen LogP contribution in [0.25, 0.3) is 0 Å². The fourth-order valence-electron chi connectivity index (χ4n) is 2.83. The van der Waals surface area contributed by atoms with Crippen LogP contribution in [0, 0.1) is 0 Å². The van der Waals surface area contributed by atoms with Crippen LogP contribution in [0.5, 0.6) is 11.5 Å². The predicted octanol–water partition coefficient (Wildman–Crippen LogP) is 2.78. The SMILES string of the molecule is COc1ccc(S(=O)(=O)N(Cc2ccc[nH]2)C2CCC2)cc1OC. The number of aromatic amines is 1. The van der Waals surface area contributed by atoms with Gasteiger partial charge in [-0.3, -0.25) is 0 Å². The van der Waals surface area contributed by atoms with E-state index in [4.69, 9.17) is 9.47 Å². The molecule has 130 valence electrons. The highest BCUT2D eigenvalue weighted by Gasteiger charge is 2.35. The summed E-state index contributed by atoms with van der Waals surface area (Å²) in [5.74, 6) is 0.919. The van der Waals surface area contributed by atoms with Crippen LogP contribution in [0.15, 0.2) is 41.4 Å². The van der Waals surface area contributed by atoms with E-state index in [0.717, 1.165) is 25.0 Å². The lowest BCUT2D eigenvalue weighted by Crippen LogP contribution is -2.43. The molecule has 0 radical (unpaired) electrons. The summed E-state index contributed by atoms with van der Waals surface area (Å²) in [6, 6.07) is 8.53. The van der Waals surface area contributed by atoms with Gasteiger partial charge in [-0.15, -0.1) is 0 Å². The van der Waals surface area contributed by atoms with Crippen molar-refractivity contribution in [3.63, 3.8) is 0 Å². The van der Waals surface area contributed by atoms with Crippen molar-refractivity contribution in [2.75, 3.05) is 14.2 Å². The van der Waals surface area contributed by atoms with Crippen molar-refractivity contribution >= 4 is 10.0 Å². The maximum absolute atomic E-state index is 13.2. The molecular weight excluding hydrogens is 328 g/mol. The largest absolute Gasteiger partial charge is 0.493 e. The molecular formula is C17H22N2O4S. The number of methoxy groups -OCH3 is 2. The van der Waals surface area contributed by atoms with Gasteiger partial charge in [0.25, 0.3) is 0 Å². The Morgan fingerprint density at radius 3 is 2.46 bits per heavy atom. The topological polar surface area (TPSA) is 71.6 Å². The summed E-state index contributed by atoms with van der Waals surface area (Å²) in [6.45, 7) is 0.342. The van der Waals surface area contributed by atoms with Crippen molar-refractivity contribution in [2.24, 2.45) is 0 Å². The van der Waals surface area contributed by atoms with Gasteiger partial charge in [-0.05, 0) is 37.1 Å². The summed E-state index contributed by atoms with van der Waals surface area (Å²) < 4.78 is 38.4. The third-order valence-electron chi connectivity index (χ3n) is 4.43. The minimum atomic E-state index is -3.62. The van der Waals surface area contributed by atoms with Gasteiger partial charge in [0.2, 0.25) is 10.0 Å². The number of sulfonamides is 1. The number of hydrogen-bond acceptors (Lipinski definition) is 4. The van der Waals surface area contributed by atoms with Gasteiger partial charge in [-0.2, -0.15) is 4.31 Å². The van der Waals surface area contributed by atoms with Crippen LogP contribution < -0.4 is 9.47 Å². The van der Waals surface area contributed by atoms with Crippen LogP contribution >= 0.6 is 0 Å². The Kier molecular flexibility index (Phi) is 4.82. The van der Waals surface area contributed by atoms with Gasteiger partial charge >= 0.3 is 0 Å². The fourth-order valence-corrected chi connectivity index (χ4v) is 4.51. The number of nitrogens with zero attached hydrogens (tertiary/aromatic N) is 1. The zero-order valence-corrected chi connectivity index (χ0v) is 14.7. The molecule has 1 saturated carbocycles. The van der Waals surface area contributed by atoms with Crippen LogP contribution in [-0.4, -0.2) is 38.0 Å². The van der Waals surface area contributed by atoms with Crippen LogP contribution in [0.3, 0.4) is 0 Å². The minimum absolute atomic E-state index is 0.0476. The average molecular weight is 350 g/mol. The molecule has 1 N–H and O–H groups in total. The lowest BCUT2D eigenvalue weighted by molar-refractivity contribution is 0.212. The number of nitrogens with one attached hydrogen (secondary N) is 1. The summed E-state index contributed by atoms with van der Waals surface area (Å²) in [6.07, 6.45) is 4.66. The van der Waals surface area contributed by atoms with E-state index < -0.39 is 10.0 Å². The molecule has 0 unspecified atom stereocenters. The van der Waals surface area contributed by atoms with Crippen LogP contribution in [0.4, 0.5) is 0 Å². The summed E-state index contributed by atoms with van der Waals surface area (Å²) >= 11 is 0. The Balaban J connectivity index is 1.96. The lowest BCUT2D eigenvalue weighted by atomic mass is 9.93. The highest BCUT2D eigenvalue weighted by Crippen LogP contribution is 2.34. The number of benzene rings is 1. The lowest BCUT2D eigenvalue weighted by Gasteiger charge is -2.36. The zero-order chi connectivity index (χ0) is 17.2. The van der Waals surface area contributed by atoms with Crippen molar-refractivity contribution in [3.05, 3.63) is 42.2 Å². The van der Waals surface area contributed by atoms with Crippen molar-refractivity contribution in [1.29, 1.82) is 0 Å². The number of ether oxygens (including phenoxy) is 2. The van der Waals surface area contributed by atoms with Gasteiger partial charge < -0.3 is 14.5 Å². The summed E-state index contributed by atoms with van der Waals surface area (Å²) in [4.78, 5) is 3.31. The van der Waals surface area contributed by atoms with Crippen molar-refractivity contribution in [3.8, 4) is 11.5 Å². The fraction of sp³-hybridized carbons (Fsp3) is 0.412.